The Morgan fingerprint density at radius 3 is 2.69 bits per heavy atom. The number of nitriles is 1. The molecule has 0 bridgehead atoms. The van der Waals surface area contributed by atoms with Crippen molar-refractivity contribution in [2.24, 2.45) is 11.8 Å². The fourth-order valence-corrected chi connectivity index (χ4v) is 5.74. The molecule has 4 amide bonds. The van der Waals surface area contributed by atoms with Gasteiger partial charge in [0.05, 0.1) is 23.8 Å². The van der Waals surface area contributed by atoms with E-state index in [0.717, 1.165) is 36.1 Å². The summed E-state index contributed by atoms with van der Waals surface area (Å²) in [6, 6.07) is 12.2. The van der Waals surface area contributed by atoms with Gasteiger partial charge in [0.25, 0.3) is 5.91 Å². The van der Waals surface area contributed by atoms with E-state index < -0.39 is 11.6 Å². The molecular formula is C26H26ClN5O3. The molecule has 8 nitrogen and oxygen atoms in total. The first-order valence-electron chi connectivity index (χ1n) is 11.9. The lowest BCUT2D eigenvalue weighted by Gasteiger charge is -2.42. The van der Waals surface area contributed by atoms with Gasteiger partial charge in [-0.25, -0.2) is 4.79 Å². The molecule has 1 aliphatic heterocycles. The first kappa shape index (κ1) is 23.3. The monoisotopic (exact) mass is 491 g/mol. The molecule has 2 heterocycles. The molecule has 2 aliphatic carbocycles. The number of nitrogens with one attached hydrogen (secondary N) is 2. The van der Waals surface area contributed by atoms with E-state index in [2.05, 4.69) is 15.6 Å². The van der Waals surface area contributed by atoms with Gasteiger partial charge in [0.15, 0.2) is 0 Å². The average Bonchev–Trinajstić information content (AvgIpc) is 3.45. The summed E-state index contributed by atoms with van der Waals surface area (Å²) >= 11 is 6.22. The van der Waals surface area contributed by atoms with Crippen LogP contribution in [0.1, 0.15) is 61.4 Å². The number of carbonyl (C=O) groups excluding carboxylic acids is 3. The number of aromatic nitrogens is 1. The second kappa shape index (κ2) is 9.31. The average molecular weight is 492 g/mol. The third-order valence-electron chi connectivity index (χ3n) is 7.46. The predicted octanol–water partition coefficient (Wildman–Crippen LogP) is 3.85. The maximum atomic E-state index is 13.2. The fraction of sp³-hybridized carbons (Fsp3) is 0.423. The number of carbonyl (C=O) groups is 3. The lowest BCUT2D eigenvalue weighted by molar-refractivity contribution is -0.141. The lowest BCUT2D eigenvalue weighted by atomic mass is 9.67. The highest BCUT2D eigenvalue weighted by molar-refractivity contribution is 6.30. The number of urea groups is 1. The van der Waals surface area contributed by atoms with E-state index in [9.17, 15) is 14.4 Å². The van der Waals surface area contributed by atoms with Crippen LogP contribution in [0.3, 0.4) is 0 Å². The summed E-state index contributed by atoms with van der Waals surface area (Å²) in [5, 5.41) is 15.6. The highest BCUT2D eigenvalue weighted by Gasteiger charge is 2.60. The maximum Gasteiger partial charge on any atom is 0.325 e. The van der Waals surface area contributed by atoms with E-state index in [1.807, 2.05) is 30.3 Å². The summed E-state index contributed by atoms with van der Waals surface area (Å²) in [4.78, 5) is 44.2. The SMILES string of the molecule is N#Cc1ccc(CN2C(=O)NC3(CC(C(=O)NC(c4cccc(Cl)c4)C4CCCC4)C3)C2=O)nc1. The van der Waals surface area contributed by atoms with Gasteiger partial charge in [-0.05, 0) is 61.4 Å². The zero-order chi connectivity index (χ0) is 24.6. The van der Waals surface area contributed by atoms with Crippen LogP contribution in [-0.2, 0) is 16.1 Å². The minimum atomic E-state index is -1.04. The van der Waals surface area contributed by atoms with E-state index in [4.69, 9.17) is 16.9 Å². The van der Waals surface area contributed by atoms with Gasteiger partial charge in [-0.1, -0.05) is 36.6 Å². The zero-order valence-electron chi connectivity index (χ0n) is 19.2. The van der Waals surface area contributed by atoms with Crippen molar-refractivity contribution >= 4 is 29.4 Å². The zero-order valence-corrected chi connectivity index (χ0v) is 19.9. The van der Waals surface area contributed by atoms with Gasteiger partial charge in [-0.15, -0.1) is 0 Å². The number of amides is 4. The van der Waals surface area contributed by atoms with Crippen LogP contribution >= 0.6 is 11.6 Å². The predicted molar refractivity (Wildman–Crippen MR) is 128 cm³/mol. The van der Waals surface area contributed by atoms with Gasteiger partial charge >= 0.3 is 6.03 Å². The molecule has 1 aromatic heterocycles. The maximum absolute atomic E-state index is 13.2. The first-order valence-corrected chi connectivity index (χ1v) is 12.3. The van der Waals surface area contributed by atoms with E-state index >= 15 is 0 Å². The van der Waals surface area contributed by atoms with Crippen LogP contribution in [0.5, 0.6) is 0 Å². The van der Waals surface area contributed by atoms with Crippen LogP contribution in [0.4, 0.5) is 4.79 Å². The Kier molecular flexibility index (Phi) is 6.20. The fourth-order valence-electron chi connectivity index (χ4n) is 5.54. The van der Waals surface area contributed by atoms with Crippen molar-refractivity contribution in [1.29, 1.82) is 5.26 Å². The van der Waals surface area contributed by atoms with E-state index in [-0.39, 0.29) is 43.2 Å². The minimum Gasteiger partial charge on any atom is -0.349 e. The molecule has 0 radical (unpaired) electrons. The number of benzene rings is 1. The topological polar surface area (TPSA) is 115 Å². The number of hydrogen-bond acceptors (Lipinski definition) is 5. The number of rotatable bonds is 6. The molecule has 3 fully saturated rings. The third-order valence-corrected chi connectivity index (χ3v) is 7.69. The first-order chi connectivity index (χ1) is 16.9. The Morgan fingerprint density at radius 1 is 1.26 bits per heavy atom. The molecule has 2 saturated carbocycles. The molecule has 1 saturated heterocycles. The summed E-state index contributed by atoms with van der Waals surface area (Å²) < 4.78 is 0. The Hall–Kier alpha value is -3.44. The van der Waals surface area contributed by atoms with Crippen molar-refractivity contribution < 1.29 is 14.4 Å². The van der Waals surface area contributed by atoms with Crippen molar-refractivity contribution in [3.05, 3.63) is 64.4 Å². The van der Waals surface area contributed by atoms with Gasteiger partial charge < -0.3 is 10.6 Å². The smallest absolute Gasteiger partial charge is 0.325 e. The van der Waals surface area contributed by atoms with Gasteiger partial charge in [0.1, 0.15) is 11.6 Å². The highest BCUT2D eigenvalue weighted by atomic mass is 35.5. The van der Waals surface area contributed by atoms with Crippen LogP contribution in [0.15, 0.2) is 42.6 Å². The molecule has 1 atom stereocenters. The minimum absolute atomic E-state index is 0.0213. The Balaban J connectivity index is 1.24. The number of nitrogens with zero attached hydrogens (tertiary/aromatic N) is 3. The molecule has 35 heavy (non-hydrogen) atoms. The Bertz CT molecular complexity index is 1200. The molecule has 9 heteroatoms. The number of hydrogen-bond donors (Lipinski definition) is 2. The van der Waals surface area contributed by atoms with Crippen LogP contribution in [0.25, 0.3) is 0 Å². The molecule has 180 valence electrons. The normalized spacial score (nSPS) is 24.7. The molecule has 1 aromatic carbocycles. The van der Waals surface area contributed by atoms with Crippen LogP contribution in [0, 0.1) is 23.2 Å². The second-order valence-electron chi connectivity index (χ2n) is 9.74. The van der Waals surface area contributed by atoms with Gasteiger partial charge in [-0.3, -0.25) is 19.5 Å². The summed E-state index contributed by atoms with van der Waals surface area (Å²) in [5.41, 5.74) is 0.881. The van der Waals surface area contributed by atoms with Gasteiger partial charge in [0.2, 0.25) is 5.91 Å². The molecule has 3 aliphatic rings. The summed E-state index contributed by atoms with van der Waals surface area (Å²) in [7, 11) is 0. The molecular weight excluding hydrogens is 466 g/mol. The lowest BCUT2D eigenvalue weighted by Crippen LogP contribution is -2.60. The third kappa shape index (κ3) is 4.48. The van der Waals surface area contributed by atoms with E-state index in [1.165, 1.54) is 6.20 Å². The van der Waals surface area contributed by atoms with Crippen LogP contribution in [0.2, 0.25) is 5.02 Å². The number of pyridine rings is 1. The van der Waals surface area contributed by atoms with Gasteiger partial charge in [-0.2, -0.15) is 5.26 Å². The second-order valence-corrected chi connectivity index (χ2v) is 10.2. The van der Waals surface area contributed by atoms with Crippen LogP contribution in [-0.4, -0.2) is 33.3 Å². The standard InChI is InChI=1S/C26H26ClN5O3/c27-20-7-3-6-18(10-20)22(17-4-1-2-5-17)30-23(33)19-11-26(12-19)24(34)32(25(35)31-26)15-21-9-8-16(13-28)14-29-21/h3,6-10,14,17,19,22H,1-2,4-5,11-12,15H2,(H,30,33)(H,31,35). The molecule has 1 spiro atoms. The molecule has 2 aromatic rings. The Labute approximate surface area is 208 Å². The molecule has 2 N–H and O–H groups in total. The van der Waals surface area contributed by atoms with Crippen molar-refractivity contribution in [3.63, 3.8) is 0 Å². The highest BCUT2D eigenvalue weighted by Crippen LogP contribution is 2.44. The van der Waals surface area contributed by atoms with E-state index in [0.29, 0.717) is 22.2 Å². The number of halogens is 1. The molecule has 5 rings (SSSR count). The van der Waals surface area contributed by atoms with E-state index in [1.54, 1.807) is 12.1 Å². The van der Waals surface area contributed by atoms with Crippen LogP contribution < -0.4 is 10.6 Å². The van der Waals surface area contributed by atoms with Crippen molar-refractivity contribution in [1.82, 2.24) is 20.5 Å². The summed E-state index contributed by atoms with van der Waals surface area (Å²) in [6.07, 6.45) is 6.36. The summed E-state index contributed by atoms with van der Waals surface area (Å²) in [5.74, 6) is -0.424. The van der Waals surface area contributed by atoms with Crippen molar-refractivity contribution in [3.8, 4) is 6.07 Å². The van der Waals surface area contributed by atoms with Gasteiger partial charge in [0, 0.05) is 17.1 Å². The van der Waals surface area contributed by atoms with Crippen molar-refractivity contribution in [2.75, 3.05) is 0 Å². The Morgan fingerprint density at radius 2 is 2.03 bits per heavy atom. The largest absolute Gasteiger partial charge is 0.349 e. The molecule has 1 unspecified atom stereocenters. The van der Waals surface area contributed by atoms with Crippen molar-refractivity contribution in [2.45, 2.75) is 56.7 Å². The summed E-state index contributed by atoms with van der Waals surface area (Å²) in [6.45, 7) is 0.0213. The number of imide groups is 1. The quantitative estimate of drug-likeness (QED) is 0.595.